The van der Waals surface area contributed by atoms with Gasteiger partial charge in [0.1, 0.15) is 0 Å². The van der Waals surface area contributed by atoms with Crippen molar-refractivity contribution in [3.8, 4) is 0 Å². The summed E-state index contributed by atoms with van der Waals surface area (Å²) in [5.41, 5.74) is 0.638. The highest BCUT2D eigenvalue weighted by molar-refractivity contribution is 7.53. The van der Waals surface area contributed by atoms with Crippen LogP contribution in [0.3, 0.4) is 0 Å². The van der Waals surface area contributed by atoms with Gasteiger partial charge in [-0.3, -0.25) is 4.57 Å². The third kappa shape index (κ3) is 3.63. The third-order valence-corrected chi connectivity index (χ3v) is 4.30. The number of nitrogens with zero attached hydrogens (tertiary/aromatic N) is 2. The van der Waals surface area contributed by atoms with Crippen LogP contribution in [-0.4, -0.2) is 21.5 Å². The molecule has 1 heterocycles. The Kier molecular flexibility index (Phi) is 4.84. The standard InChI is InChI=1S/C13H16N3O3P/c1-2-19-20(17,18)12(11-7-4-3-5-8-11)16-13-14-9-6-10-15-13/h3-10,12H,2H2,1H3,(H,17,18)(H,14,15,16). The molecule has 7 heteroatoms. The molecule has 0 bridgehead atoms. The summed E-state index contributed by atoms with van der Waals surface area (Å²) < 4.78 is 17.3. The van der Waals surface area contributed by atoms with Crippen molar-refractivity contribution in [3.63, 3.8) is 0 Å². The topological polar surface area (TPSA) is 84.3 Å². The quantitative estimate of drug-likeness (QED) is 0.797. The molecule has 2 rings (SSSR count). The zero-order valence-electron chi connectivity index (χ0n) is 11.0. The van der Waals surface area contributed by atoms with Gasteiger partial charge in [0.2, 0.25) is 5.95 Å². The van der Waals surface area contributed by atoms with Crippen LogP contribution < -0.4 is 5.32 Å². The Morgan fingerprint density at radius 2 is 1.90 bits per heavy atom. The number of nitrogens with one attached hydrogen (secondary N) is 1. The molecule has 0 amide bonds. The summed E-state index contributed by atoms with van der Waals surface area (Å²) in [6.07, 6.45) is 3.11. The van der Waals surface area contributed by atoms with Crippen molar-refractivity contribution in [2.45, 2.75) is 12.7 Å². The van der Waals surface area contributed by atoms with Gasteiger partial charge in [-0.25, -0.2) is 9.97 Å². The van der Waals surface area contributed by atoms with Crippen LogP contribution >= 0.6 is 7.60 Å². The lowest BCUT2D eigenvalue weighted by molar-refractivity contribution is 0.267. The monoisotopic (exact) mass is 293 g/mol. The smallest absolute Gasteiger partial charge is 0.336 e. The van der Waals surface area contributed by atoms with Crippen LogP contribution in [0.1, 0.15) is 18.3 Å². The molecule has 1 aromatic heterocycles. The van der Waals surface area contributed by atoms with E-state index in [1.807, 2.05) is 6.07 Å². The second-order valence-corrected chi connectivity index (χ2v) is 5.91. The maximum Gasteiger partial charge on any atom is 0.354 e. The van der Waals surface area contributed by atoms with Crippen LogP contribution in [0.2, 0.25) is 0 Å². The summed E-state index contributed by atoms with van der Waals surface area (Å²) >= 11 is 0. The Bertz CT molecular complexity index is 580. The summed E-state index contributed by atoms with van der Waals surface area (Å²) in [6.45, 7) is 1.82. The molecule has 0 aliphatic rings. The number of aromatic nitrogens is 2. The van der Waals surface area contributed by atoms with Gasteiger partial charge in [-0.15, -0.1) is 0 Å². The third-order valence-electron chi connectivity index (χ3n) is 2.59. The number of hydrogen-bond acceptors (Lipinski definition) is 5. The van der Waals surface area contributed by atoms with Crippen molar-refractivity contribution in [2.24, 2.45) is 0 Å². The normalized spacial score (nSPS) is 15.3. The van der Waals surface area contributed by atoms with Gasteiger partial charge in [0.05, 0.1) is 6.61 Å². The lowest BCUT2D eigenvalue weighted by Gasteiger charge is -2.23. The fourth-order valence-corrected chi connectivity index (χ4v) is 3.09. The molecular formula is C13H16N3O3P. The van der Waals surface area contributed by atoms with Gasteiger partial charge < -0.3 is 14.7 Å². The molecule has 0 aliphatic carbocycles. The van der Waals surface area contributed by atoms with Crippen molar-refractivity contribution < 1.29 is 14.0 Å². The fraction of sp³-hybridized carbons (Fsp3) is 0.231. The Hall–Kier alpha value is -1.75. The van der Waals surface area contributed by atoms with Gasteiger partial charge in [0, 0.05) is 12.4 Å². The minimum atomic E-state index is -3.88. The summed E-state index contributed by atoms with van der Waals surface area (Å²) in [6, 6.07) is 10.6. The first-order valence-corrected chi connectivity index (χ1v) is 7.83. The molecule has 0 saturated heterocycles. The summed E-state index contributed by atoms with van der Waals surface area (Å²) in [5.74, 6) is -0.638. The molecule has 6 nitrogen and oxygen atoms in total. The molecule has 2 aromatic rings. The lowest BCUT2D eigenvalue weighted by Crippen LogP contribution is -2.14. The minimum absolute atomic E-state index is 0.147. The maximum atomic E-state index is 12.3. The van der Waals surface area contributed by atoms with E-state index in [0.29, 0.717) is 5.56 Å². The van der Waals surface area contributed by atoms with Crippen molar-refractivity contribution in [2.75, 3.05) is 11.9 Å². The van der Waals surface area contributed by atoms with E-state index in [9.17, 15) is 9.46 Å². The first kappa shape index (κ1) is 14.7. The van der Waals surface area contributed by atoms with Crippen LogP contribution in [0.15, 0.2) is 48.8 Å². The molecule has 0 aliphatic heterocycles. The van der Waals surface area contributed by atoms with Crippen LogP contribution in [0, 0.1) is 0 Å². The highest BCUT2D eigenvalue weighted by atomic mass is 31.2. The zero-order chi connectivity index (χ0) is 14.4. The Morgan fingerprint density at radius 1 is 1.25 bits per heavy atom. The fourth-order valence-electron chi connectivity index (χ4n) is 1.74. The first-order valence-electron chi connectivity index (χ1n) is 6.19. The van der Waals surface area contributed by atoms with Gasteiger partial charge in [0.15, 0.2) is 5.78 Å². The largest absolute Gasteiger partial charge is 0.354 e. The molecule has 0 radical (unpaired) electrons. The van der Waals surface area contributed by atoms with E-state index in [1.165, 1.54) is 0 Å². The predicted octanol–water partition coefficient (Wildman–Crippen LogP) is 2.81. The Labute approximate surface area is 117 Å². The van der Waals surface area contributed by atoms with E-state index in [0.717, 1.165) is 0 Å². The summed E-state index contributed by atoms with van der Waals surface area (Å²) in [4.78, 5) is 18.1. The van der Waals surface area contributed by atoms with Crippen molar-refractivity contribution >= 4 is 13.5 Å². The molecule has 2 unspecified atom stereocenters. The lowest BCUT2D eigenvalue weighted by atomic mass is 10.2. The SMILES string of the molecule is CCOP(=O)(O)C(Nc1ncccn1)c1ccccc1. The van der Waals surface area contributed by atoms with Crippen LogP contribution in [-0.2, 0) is 9.09 Å². The Balaban J connectivity index is 2.32. The molecule has 1 aromatic carbocycles. The van der Waals surface area contributed by atoms with E-state index >= 15 is 0 Å². The highest BCUT2D eigenvalue weighted by Crippen LogP contribution is 2.55. The van der Waals surface area contributed by atoms with Gasteiger partial charge in [-0.05, 0) is 18.6 Å². The van der Waals surface area contributed by atoms with E-state index < -0.39 is 13.4 Å². The number of benzene rings is 1. The molecule has 0 fully saturated rings. The van der Waals surface area contributed by atoms with Crippen LogP contribution in [0.25, 0.3) is 0 Å². The van der Waals surface area contributed by atoms with E-state index in [-0.39, 0.29) is 12.6 Å². The van der Waals surface area contributed by atoms with Gasteiger partial charge in [-0.2, -0.15) is 0 Å². The Morgan fingerprint density at radius 3 is 2.50 bits per heavy atom. The molecule has 106 valence electrons. The second-order valence-electron chi connectivity index (χ2n) is 4.01. The predicted molar refractivity (Wildman–Crippen MR) is 76.3 cm³/mol. The van der Waals surface area contributed by atoms with E-state index in [1.54, 1.807) is 49.6 Å². The summed E-state index contributed by atoms with van der Waals surface area (Å²) in [5, 5.41) is 2.86. The number of rotatable bonds is 6. The average molecular weight is 293 g/mol. The molecule has 0 spiro atoms. The molecule has 2 atom stereocenters. The van der Waals surface area contributed by atoms with Crippen molar-refractivity contribution in [1.82, 2.24) is 9.97 Å². The highest BCUT2D eigenvalue weighted by Gasteiger charge is 2.34. The van der Waals surface area contributed by atoms with Gasteiger partial charge in [0.25, 0.3) is 0 Å². The van der Waals surface area contributed by atoms with Crippen molar-refractivity contribution in [1.29, 1.82) is 0 Å². The molecule has 2 N–H and O–H groups in total. The average Bonchev–Trinajstić information content (AvgIpc) is 2.46. The number of anilines is 1. The minimum Gasteiger partial charge on any atom is -0.336 e. The van der Waals surface area contributed by atoms with Crippen molar-refractivity contribution in [3.05, 3.63) is 54.4 Å². The second kappa shape index (κ2) is 6.61. The van der Waals surface area contributed by atoms with Crippen LogP contribution in [0.5, 0.6) is 0 Å². The molecule has 0 saturated carbocycles. The van der Waals surface area contributed by atoms with E-state index in [2.05, 4.69) is 15.3 Å². The van der Waals surface area contributed by atoms with Gasteiger partial charge in [-0.1, -0.05) is 30.3 Å². The zero-order valence-corrected chi connectivity index (χ0v) is 11.9. The molecule has 20 heavy (non-hydrogen) atoms. The first-order chi connectivity index (χ1) is 9.63. The maximum absolute atomic E-state index is 12.3. The summed E-state index contributed by atoms with van der Waals surface area (Å²) in [7, 11) is -3.88. The number of hydrogen-bond donors (Lipinski definition) is 2. The van der Waals surface area contributed by atoms with Gasteiger partial charge >= 0.3 is 7.60 Å². The molecular weight excluding hydrogens is 277 g/mol. The van der Waals surface area contributed by atoms with E-state index in [4.69, 9.17) is 4.52 Å². The van der Waals surface area contributed by atoms with Crippen LogP contribution in [0.4, 0.5) is 5.95 Å².